The van der Waals surface area contributed by atoms with E-state index in [9.17, 15) is 0 Å². The minimum Gasteiger partial charge on any atom is -0.398 e. The van der Waals surface area contributed by atoms with Crippen LogP contribution in [0.2, 0.25) is 0 Å². The number of hydrogen-bond acceptors (Lipinski definition) is 4. The molecule has 0 saturated heterocycles. The molecule has 0 atom stereocenters. The van der Waals surface area contributed by atoms with Gasteiger partial charge in [-0.2, -0.15) is 0 Å². The first kappa shape index (κ1) is 18.1. The molecule has 3 aromatic rings. The number of benzene rings is 3. The zero-order chi connectivity index (χ0) is 18.7. The summed E-state index contributed by atoms with van der Waals surface area (Å²) < 4.78 is 3.40. The summed E-state index contributed by atoms with van der Waals surface area (Å²) in [4.78, 5) is 1.23. The second kappa shape index (κ2) is 7.67. The van der Waals surface area contributed by atoms with Crippen molar-refractivity contribution < 1.29 is 0 Å². The normalized spacial score (nSPS) is 10.6. The van der Waals surface area contributed by atoms with Crippen molar-refractivity contribution in [3.8, 4) is 0 Å². The van der Waals surface area contributed by atoms with Crippen molar-refractivity contribution >= 4 is 29.0 Å². The van der Waals surface area contributed by atoms with E-state index in [4.69, 9.17) is 11.1 Å². The summed E-state index contributed by atoms with van der Waals surface area (Å²) in [5.74, 6) is 0. The van der Waals surface area contributed by atoms with Crippen LogP contribution >= 0.6 is 11.9 Å². The monoisotopic (exact) mass is 361 g/mol. The lowest BCUT2D eigenvalue weighted by Crippen LogP contribution is -2.06. The Morgan fingerprint density at radius 1 is 0.923 bits per heavy atom. The average Bonchev–Trinajstić information content (AvgIpc) is 2.62. The van der Waals surface area contributed by atoms with E-state index in [0.29, 0.717) is 11.4 Å². The van der Waals surface area contributed by atoms with Crippen LogP contribution in [0.4, 0.5) is 11.4 Å². The number of aryl methyl sites for hydroxylation is 3. The lowest BCUT2D eigenvalue weighted by Gasteiger charge is -2.14. The van der Waals surface area contributed by atoms with Gasteiger partial charge in [0.2, 0.25) is 0 Å². The highest BCUT2D eigenvalue weighted by Gasteiger charge is 2.10. The summed E-state index contributed by atoms with van der Waals surface area (Å²) in [7, 11) is 0. The van der Waals surface area contributed by atoms with Crippen LogP contribution in [0.25, 0.3) is 0 Å². The van der Waals surface area contributed by atoms with E-state index in [0.717, 1.165) is 16.8 Å². The van der Waals surface area contributed by atoms with Crippen LogP contribution in [0.15, 0.2) is 65.6 Å². The minimum absolute atomic E-state index is 0.430. The number of hydrogen-bond donors (Lipinski definition) is 3. The molecule has 4 N–H and O–H groups in total. The van der Waals surface area contributed by atoms with Crippen molar-refractivity contribution in [3.63, 3.8) is 0 Å². The summed E-state index contributed by atoms with van der Waals surface area (Å²) in [6.07, 6.45) is 0. The summed E-state index contributed by atoms with van der Waals surface area (Å²) in [6.45, 7) is 6.37. The minimum atomic E-state index is 0.430. The first-order valence-corrected chi connectivity index (χ1v) is 9.32. The van der Waals surface area contributed by atoms with Crippen LogP contribution in [0.3, 0.4) is 0 Å². The van der Waals surface area contributed by atoms with Crippen LogP contribution in [-0.4, -0.2) is 5.71 Å². The van der Waals surface area contributed by atoms with E-state index >= 15 is 0 Å². The van der Waals surface area contributed by atoms with Crippen LogP contribution in [0.5, 0.6) is 0 Å². The molecule has 0 radical (unpaired) electrons. The molecule has 0 fully saturated rings. The first-order valence-electron chi connectivity index (χ1n) is 8.50. The fourth-order valence-electron chi connectivity index (χ4n) is 3.03. The molecular weight excluding hydrogens is 338 g/mol. The summed E-state index contributed by atoms with van der Waals surface area (Å²) >= 11 is 1.60. The van der Waals surface area contributed by atoms with Gasteiger partial charge in [-0.15, -0.1) is 0 Å². The van der Waals surface area contributed by atoms with Crippen LogP contribution in [-0.2, 0) is 0 Å². The van der Waals surface area contributed by atoms with E-state index in [1.807, 2.05) is 48.5 Å². The van der Waals surface area contributed by atoms with Gasteiger partial charge in [0, 0.05) is 27.4 Å². The van der Waals surface area contributed by atoms with E-state index in [-0.39, 0.29) is 0 Å². The third-order valence-electron chi connectivity index (χ3n) is 4.26. The molecule has 0 aromatic heterocycles. The molecule has 3 nitrogen and oxygen atoms in total. The highest BCUT2D eigenvalue weighted by Crippen LogP contribution is 2.30. The smallest absolute Gasteiger partial charge is 0.0705 e. The number of nitrogen functional groups attached to an aromatic ring is 1. The van der Waals surface area contributed by atoms with Gasteiger partial charge in [0.1, 0.15) is 0 Å². The summed E-state index contributed by atoms with van der Waals surface area (Å²) in [5, 5.41) is 8.48. The molecule has 3 rings (SSSR count). The second-order valence-electron chi connectivity index (χ2n) is 6.48. The maximum Gasteiger partial charge on any atom is 0.0705 e. The van der Waals surface area contributed by atoms with E-state index in [1.165, 1.54) is 21.6 Å². The van der Waals surface area contributed by atoms with Crippen molar-refractivity contribution in [2.45, 2.75) is 25.7 Å². The maximum absolute atomic E-state index is 8.48. The Morgan fingerprint density at radius 3 is 2.23 bits per heavy atom. The lowest BCUT2D eigenvalue weighted by molar-refractivity contribution is 1.19. The van der Waals surface area contributed by atoms with E-state index in [1.54, 1.807) is 11.9 Å². The third-order valence-corrected chi connectivity index (χ3v) is 5.45. The van der Waals surface area contributed by atoms with E-state index in [2.05, 4.69) is 37.6 Å². The van der Waals surface area contributed by atoms with E-state index < -0.39 is 0 Å². The summed E-state index contributed by atoms with van der Waals surface area (Å²) in [6, 6.07) is 19.8. The molecule has 0 bridgehead atoms. The van der Waals surface area contributed by atoms with Gasteiger partial charge in [0.05, 0.1) is 5.71 Å². The van der Waals surface area contributed by atoms with Crippen LogP contribution in [0.1, 0.15) is 27.8 Å². The second-order valence-corrected chi connectivity index (χ2v) is 7.29. The van der Waals surface area contributed by atoms with Gasteiger partial charge in [-0.1, -0.05) is 48.0 Å². The van der Waals surface area contributed by atoms with Crippen molar-refractivity contribution in [3.05, 3.63) is 88.5 Å². The molecule has 0 saturated carbocycles. The fourth-order valence-corrected chi connectivity index (χ4v) is 3.82. The van der Waals surface area contributed by atoms with Gasteiger partial charge in [-0.05, 0) is 62.0 Å². The molecule has 0 unspecified atom stereocenters. The van der Waals surface area contributed by atoms with Crippen molar-refractivity contribution in [1.29, 1.82) is 5.41 Å². The Labute approximate surface area is 159 Å². The zero-order valence-electron chi connectivity index (χ0n) is 15.3. The maximum atomic E-state index is 8.48. The third kappa shape index (κ3) is 3.92. The molecule has 0 spiro atoms. The number of nitrogens with one attached hydrogen (secondary N) is 2. The Kier molecular flexibility index (Phi) is 5.33. The van der Waals surface area contributed by atoms with Crippen molar-refractivity contribution in [2.24, 2.45) is 0 Å². The highest BCUT2D eigenvalue weighted by molar-refractivity contribution is 8.00. The molecule has 0 heterocycles. The Bertz CT molecular complexity index is 926. The Balaban J connectivity index is 1.83. The molecule has 0 aliphatic carbocycles. The van der Waals surface area contributed by atoms with Gasteiger partial charge in [-0.3, -0.25) is 5.41 Å². The molecular formula is C22H23N3S. The Hall–Kier alpha value is -2.72. The largest absolute Gasteiger partial charge is 0.398 e. The Morgan fingerprint density at radius 2 is 1.58 bits per heavy atom. The van der Waals surface area contributed by atoms with Gasteiger partial charge in [-0.25, -0.2) is 0 Å². The zero-order valence-corrected chi connectivity index (χ0v) is 16.1. The number of anilines is 2. The first-order chi connectivity index (χ1) is 12.5. The van der Waals surface area contributed by atoms with Crippen LogP contribution in [0, 0.1) is 26.2 Å². The predicted octanol–water partition coefficient (Wildman–Crippen LogP) is 5.73. The molecule has 132 valence electrons. The SMILES string of the molecule is Cc1cc(C)c(SNc2ccc(N)c(C(=N)c3ccccc3)c2)c(C)c1. The fraction of sp³-hybridized carbons (Fsp3) is 0.136. The topological polar surface area (TPSA) is 61.9 Å². The predicted molar refractivity (Wildman–Crippen MR) is 113 cm³/mol. The van der Waals surface area contributed by atoms with Gasteiger partial charge in [0.25, 0.3) is 0 Å². The molecule has 0 amide bonds. The van der Waals surface area contributed by atoms with Gasteiger partial charge >= 0.3 is 0 Å². The lowest BCUT2D eigenvalue weighted by atomic mass is 10.0. The van der Waals surface area contributed by atoms with Crippen molar-refractivity contribution in [2.75, 3.05) is 10.5 Å². The molecule has 0 aliphatic heterocycles. The number of rotatable bonds is 5. The average molecular weight is 362 g/mol. The molecule has 4 heteroatoms. The van der Waals surface area contributed by atoms with Crippen molar-refractivity contribution in [1.82, 2.24) is 0 Å². The number of nitrogens with two attached hydrogens (primary N) is 1. The quantitative estimate of drug-likeness (QED) is 0.309. The highest BCUT2D eigenvalue weighted by atomic mass is 32.2. The standard InChI is InChI=1S/C22H23N3S/c1-14-11-15(2)22(16(3)12-14)26-25-18-9-10-20(23)19(13-18)21(24)17-7-5-4-6-8-17/h4-13,24-25H,23H2,1-3H3. The molecule has 0 aliphatic rings. The molecule has 3 aromatic carbocycles. The summed E-state index contributed by atoms with van der Waals surface area (Å²) in [5.41, 5.74) is 13.5. The molecule has 26 heavy (non-hydrogen) atoms. The van der Waals surface area contributed by atoms with Gasteiger partial charge in [0.15, 0.2) is 0 Å². The van der Waals surface area contributed by atoms with Gasteiger partial charge < -0.3 is 10.5 Å². The van der Waals surface area contributed by atoms with Crippen LogP contribution < -0.4 is 10.5 Å².